The van der Waals surface area contributed by atoms with Gasteiger partial charge in [0.25, 0.3) is 0 Å². The molecule has 2 aliphatic rings. The van der Waals surface area contributed by atoms with Crippen molar-refractivity contribution in [3.8, 4) is 0 Å². The van der Waals surface area contributed by atoms with E-state index in [9.17, 15) is 9.18 Å². The maximum absolute atomic E-state index is 12.9. The molecular formula is C17H24FN3O. The number of hydrogen-bond donors (Lipinski definition) is 0. The molecule has 4 nitrogen and oxygen atoms in total. The Bertz CT molecular complexity index is 491. The minimum absolute atomic E-state index is 0.186. The predicted molar refractivity (Wildman–Crippen MR) is 83.9 cm³/mol. The van der Waals surface area contributed by atoms with E-state index in [4.69, 9.17) is 0 Å². The summed E-state index contributed by atoms with van der Waals surface area (Å²) in [6.45, 7) is 7.07. The van der Waals surface area contributed by atoms with Gasteiger partial charge >= 0.3 is 0 Å². The maximum atomic E-state index is 12.9. The molecular weight excluding hydrogens is 281 g/mol. The Balaban J connectivity index is 1.42. The van der Waals surface area contributed by atoms with Gasteiger partial charge < -0.3 is 4.90 Å². The molecule has 0 atom stereocenters. The van der Waals surface area contributed by atoms with Crippen molar-refractivity contribution in [3.05, 3.63) is 35.6 Å². The largest absolute Gasteiger partial charge is 0.342 e. The molecule has 5 heteroatoms. The maximum Gasteiger partial charge on any atom is 0.236 e. The van der Waals surface area contributed by atoms with Crippen molar-refractivity contribution < 1.29 is 9.18 Å². The van der Waals surface area contributed by atoms with Gasteiger partial charge in [-0.2, -0.15) is 0 Å². The van der Waals surface area contributed by atoms with Crippen LogP contribution in [0.1, 0.15) is 18.4 Å². The van der Waals surface area contributed by atoms with Crippen molar-refractivity contribution in [1.29, 1.82) is 0 Å². The van der Waals surface area contributed by atoms with Crippen LogP contribution in [0.5, 0.6) is 0 Å². The van der Waals surface area contributed by atoms with Crippen LogP contribution in [0.2, 0.25) is 0 Å². The Morgan fingerprint density at radius 3 is 2.14 bits per heavy atom. The van der Waals surface area contributed by atoms with E-state index in [1.807, 2.05) is 17.0 Å². The standard InChI is InChI=1S/C17H24FN3O/c18-16-5-3-15(4-6-16)13-19-9-11-20(12-10-19)14-17(22)21-7-1-2-8-21/h3-6H,1-2,7-14H2. The lowest BCUT2D eigenvalue weighted by atomic mass is 10.2. The number of rotatable bonds is 4. The quantitative estimate of drug-likeness (QED) is 0.845. The average molecular weight is 305 g/mol. The third-order valence-electron chi connectivity index (χ3n) is 4.60. The Morgan fingerprint density at radius 2 is 1.50 bits per heavy atom. The molecule has 1 aromatic carbocycles. The smallest absolute Gasteiger partial charge is 0.236 e. The van der Waals surface area contributed by atoms with Crippen molar-refractivity contribution in [2.24, 2.45) is 0 Å². The molecule has 3 rings (SSSR count). The first-order valence-corrected chi connectivity index (χ1v) is 8.18. The molecule has 2 heterocycles. The molecule has 22 heavy (non-hydrogen) atoms. The normalized spacial score (nSPS) is 20.5. The van der Waals surface area contributed by atoms with Gasteiger partial charge in [-0.15, -0.1) is 0 Å². The monoisotopic (exact) mass is 305 g/mol. The first kappa shape index (κ1) is 15.4. The number of amides is 1. The number of piperazine rings is 1. The highest BCUT2D eigenvalue weighted by molar-refractivity contribution is 5.78. The topological polar surface area (TPSA) is 26.8 Å². The van der Waals surface area contributed by atoms with Gasteiger partial charge in [-0.1, -0.05) is 12.1 Å². The molecule has 2 saturated heterocycles. The van der Waals surface area contributed by atoms with Gasteiger partial charge in [0.15, 0.2) is 0 Å². The lowest BCUT2D eigenvalue weighted by molar-refractivity contribution is -0.131. The number of halogens is 1. The molecule has 0 bridgehead atoms. The van der Waals surface area contributed by atoms with Gasteiger partial charge in [0, 0.05) is 45.8 Å². The van der Waals surface area contributed by atoms with Crippen molar-refractivity contribution in [2.75, 3.05) is 45.8 Å². The van der Waals surface area contributed by atoms with Crippen molar-refractivity contribution >= 4 is 5.91 Å². The summed E-state index contributed by atoms with van der Waals surface area (Å²) in [4.78, 5) is 18.8. The number of nitrogens with zero attached hydrogens (tertiary/aromatic N) is 3. The van der Waals surface area contributed by atoms with Crippen LogP contribution >= 0.6 is 0 Å². The van der Waals surface area contributed by atoms with E-state index in [1.54, 1.807) is 0 Å². The molecule has 0 spiro atoms. The number of likely N-dealkylation sites (tertiary alicyclic amines) is 1. The van der Waals surface area contributed by atoms with E-state index < -0.39 is 0 Å². The molecule has 1 amide bonds. The zero-order chi connectivity index (χ0) is 15.4. The molecule has 120 valence electrons. The first-order valence-electron chi connectivity index (χ1n) is 8.18. The molecule has 0 aromatic heterocycles. The number of carbonyl (C=O) groups is 1. The molecule has 2 aliphatic heterocycles. The predicted octanol–water partition coefficient (Wildman–Crippen LogP) is 1.57. The Labute approximate surface area is 131 Å². The van der Waals surface area contributed by atoms with Gasteiger partial charge in [0.05, 0.1) is 6.54 Å². The second-order valence-corrected chi connectivity index (χ2v) is 6.27. The third-order valence-corrected chi connectivity index (χ3v) is 4.60. The lowest BCUT2D eigenvalue weighted by Gasteiger charge is -2.35. The van der Waals surface area contributed by atoms with E-state index in [0.717, 1.165) is 64.2 Å². The van der Waals surface area contributed by atoms with Crippen molar-refractivity contribution in [2.45, 2.75) is 19.4 Å². The summed E-state index contributed by atoms with van der Waals surface area (Å²) in [5.74, 6) is 0.0958. The summed E-state index contributed by atoms with van der Waals surface area (Å²) >= 11 is 0. The zero-order valence-electron chi connectivity index (χ0n) is 13.0. The van der Waals surface area contributed by atoms with Gasteiger partial charge in [0.1, 0.15) is 5.82 Å². The van der Waals surface area contributed by atoms with E-state index in [2.05, 4.69) is 9.80 Å². The van der Waals surface area contributed by atoms with E-state index in [1.165, 1.54) is 12.1 Å². The fraction of sp³-hybridized carbons (Fsp3) is 0.588. The molecule has 0 N–H and O–H groups in total. The van der Waals surface area contributed by atoms with Gasteiger partial charge in [-0.3, -0.25) is 14.6 Å². The first-order chi connectivity index (χ1) is 10.7. The van der Waals surface area contributed by atoms with Crippen LogP contribution in [0.3, 0.4) is 0 Å². The minimum atomic E-state index is -0.186. The van der Waals surface area contributed by atoms with Gasteiger partial charge in [0.2, 0.25) is 5.91 Å². The molecule has 0 aliphatic carbocycles. The van der Waals surface area contributed by atoms with Crippen LogP contribution in [0.25, 0.3) is 0 Å². The Hall–Kier alpha value is -1.46. The molecule has 0 unspecified atom stereocenters. The van der Waals surface area contributed by atoms with Crippen LogP contribution < -0.4 is 0 Å². The second-order valence-electron chi connectivity index (χ2n) is 6.27. The molecule has 2 fully saturated rings. The van der Waals surface area contributed by atoms with Crippen molar-refractivity contribution in [1.82, 2.24) is 14.7 Å². The van der Waals surface area contributed by atoms with E-state index in [0.29, 0.717) is 6.54 Å². The average Bonchev–Trinajstić information content (AvgIpc) is 3.06. The number of benzene rings is 1. The van der Waals surface area contributed by atoms with Crippen LogP contribution in [0, 0.1) is 5.82 Å². The van der Waals surface area contributed by atoms with Crippen molar-refractivity contribution in [3.63, 3.8) is 0 Å². The summed E-state index contributed by atoms with van der Waals surface area (Å²) < 4.78 is 12.9. The van der Waals surface area contributed by atoms with Gasteiger partial charge in [-0.05, 0) is 30.5 Å². The highest BCUT2D eigenvalue weighted by Crippen LogP contribution is 2.11. The van der Waals surface area contributed by atoms with E-state index >= 15 is 0 Å². The van der Waals surface area contributed by atoms with Gasteiger partial charge in [-0.25, -0.2) is 4.39 Å². The number of hydrogen-bond acceptors (Lipinski definition) is 3. The summed E-state index contributed by atoms with van der Waals surface area (Å²) in [6, 6.07) is 6.72. The summed E-state index contributed by atoms with van der Waals surface area (Å²) in [6.07, 6.45) is 2.30. The van der Waals surface area contributed by atoms with E-state index in [-0.39, 0.29) is 11.7 Å². The summed E-state index contributed by atoms with van der Waals surface area (Å²) in [7, 11) is 0. The SMILES string of the molecule is O=C(CN1CCN(Cc2ccc(F)cc2)CC1)N1CCCC1. The summed E-state index contributed by atoms with van der Waals surface area (Å²) in [5, 5.41) is 0. The zero-order valence-corrected chi connectivity index (χ0v) is 13.0. The lowest BCUT2D eigenvalue weighted by Crippen LogP contribution is -2.49. The molecule has 1 aromatic rings. The Morgan fingerprint density at radius 1 is 0.909 bits per heavy atom. The molecule has 0 saturated carbocycles. The van der Waals surface area contributed by atoms with Crippen LogP contribution in [0.4, 0.5) is 4.39 Å². The summed E-state index contributed by atoms with van der Waals surface area (Å²) in [5.41, 5.74) is 1.14. The highest BCUT2D eigenvalue weighted by Gasteiger charge is 2.23. The van der Waals surface area contributed by atoms with Crippen LogP contribution in [-0.4, -0.2) is 66.4 Å². The fourth-order valence-electron chi connectivity index (χ4n) is 3.21. The Kier molecular flexibility index (Phi) is 5.05. The fourth-order valence-corrected chi connectivity index (χ4v) is 3.21. The molecule has 0 radical (unpaired) electrons. The number of carbonyl (C=O) groups excluding carboxylic acids is 1. The minimum Gasteiger partial charge on any atom is -0.342 e. The third kappa shape index (κ3) is 4.05. The van der Waals surface area contributed by atoms with Crippen LogP contribution in [0.15, 0.2) is 24.3 Å². The second kappa shape index (κ2) is 7.20. The highest BCUT2D eigenvalue weighted by atomic mass is 19.1. The van der Waals surface area contributed by atoms with Crippen LogP contribution in [-0.2, 0) is 11.3 Å².